The Kier molecular flexibility index (Phi) is 8.72. The first-order valence-electron chi connectivity index (χ1n) is 11.1. The van der Waals surface area contributed by atoms with Crippen molar-refractivity contribution in [1.29, 1.82) is 0 Å². The molecule has 0 bridgehead atoms. The number of benzene rings is 2. The van der Waals surface area contributed by atoms with Gasteiger partial charge in [-0.15, -0.1) is 0 Å². The fourth-order valence-electron chi connectivity index (χ4n) is 4.25. The van der Waals surface area contributed by atoms with Gasteiger partial charge in [-0.1, -0.05) is 41.7 Å². The van der Waals surface area contributed by atoms with Gasteiger partial charge >= 0.3 is 0 Å². The van der Waals surface area contributed by atoms with Crippen LogP contribution in [0.3, 0.4) is 0 Å². The van der Waals surface area contributed by atoms with Crippen LogP contribution in [0, 0.1) is 0 Å². The number of anilines is 2. The van der Waals surface area contributed by atoms with Gasteiger partial charge in [0.05, 0.1) is 32.1 Å². The molecule has 0 spiro atoms. The Balaban J connectivity index is 2.11. The van der Waals surface area contributed by atoms with Gasteiger partial charge in [-0.25, -0.2) is 16.8 Å². The summed E-state index contributed by atoms with van der Waals surface area (Å²) in [5, 5.41) is 1.01. The topological polar surface area (TPSA) is 74.8 Å². The van der Waals surface area contributed by atoms with Crippen LogP contribution in [0.1, 0.15) is 39.5 Å². The normalized spacial score (nSPS) is 18.1. The Labute approximate surface area is 217 Å². The molecular formula is C23H29Cl3N2O4S2. The molecule has 2 aromatic carbocycles. The van der Waals surface area contributed by atoms with Crippen LogP contribution in [-0.2, 0) is 19.9 Å². The van der Waals surface area contributed by atoms with E-state index < -0.39 is 25.9 Å². The van der Waals surface area contributed by atoms with Gasteiger partial charge in [0, 0.05) is 29.9 Å². The summed E-state index contributed by atoms with van der Waals surface area (Å²) in [6, 6.07) is 8.59. The highest BCUT2D eigenvalue weighted by Crippen LogP contribution is 2.38. The second kappa shape index (κ2) is 10.8. The number of nitrogens with zero attached hydrogens (tertiary/aromatic N) is 2. The summed E-state index contributed by atoms with van der Waals surface area (Å²) < 4.78 is 53.2. The smallest absolute Gasteiger partial charge is 0.264 e. The van der Waals surface area contributed by atoms with E-state index in [2.05, 4.69) is 0 Å². The van der Waals surface area contributed by atoms with Crippen LogP contribution in [0.4, 0.5) is 11.4 Å². The maximum atomic E-state index is 13.9. The summed E-state index contributed by atoms with van der Waals surface area (Å²) in [4.78, 5) is 1.97. The quantitative estimate of drug-likeness (QED) is 0.388. The first-order valence-corrected chi connectivity index (χ1v) is 15.7. The van der Waals surface area contributed by atoms with E-state index in [1.54, 1.807) is 25.1 Å². The van der Waals surface area contributed by atoms with E-state index in [-0.39, 0.29) is 21.7 Å². The van der Waals surface area contributed by atoms with Crippen molar-refractivity contribution in [2.24, 2.45) is 0 Å². The number of sulfonamides is 1. The predicted octanol–water partition coefficient (Wildman–Crippen LogP) is 6.04. The van der Waals surface area contributed by atoms with Gasteiger partial charge < -0.3 is 4.90 Å². The summed E-state index contributed by atoms with van der Waals surface area (Å²) in [5.41, 5.74) is 0.810. The van der Waals surface area contributed by atoms with Crippen LogP contribution in [0.25, 0.3) is 0 Å². The Morgan fingerprint density at radius 2 is 1.71 bits per heavy atom. The molecule has 0 amide bonds. The number of rotatable bonds is 8. The lowest BCUT2D eigenvalue weighted by molar-refractivity contribution is 0.480. The number of halogens is 3. The molecule has 1 aliphatic heterocycles. The van der Waals surface area contributed by atoms with Gasteiger partial charge in [0.25, 0.3) is 10.0 Å². The lowest BCUT2D eigenvalue weighted by Gasteiger charge is -2.38. The van der Waals surface area contributed by atoms with Crippen LogP contribution in [0.15, 0.2) is 41.3 Å². The number of hydrogen-bond donors (Lipinski definition) is 0. The molecule has 34 heavy (non-hydrogen) atoms. The Morgan fingerprint density at radius 1 is 1.03 bits per heavy atom. The van der Waals surface area contributed by atoms with Crippen molar-refractivity contribution in [2.45, 2.75) is 56.5 Å². The molecule has 0 saturated carbocycles. The summed E-state index contributed by atoms with van der Waals surface area (Å²) in [5.74, 6) is -0.0164. The molecule has 188 valence electrons. The molecule has 6 nitrogen and oxygen atoms in total. The van der Waals surface area contributed by atoms with Crippen molar-refractivity contribution >= 4 is 66.0 Å². The molecule has 1 fully saturated rings. The molecule has 1 unspecified atom stereocenters. The molecule has 2 atom stereocenters. The zero-order valence-electron chi connectivity index (χ0n) is 19.3. The van der Waals surface area contributed by atoms with Crippen molar-refractivity contribution in [2.75, 3.05) is 27.8 Å². The molecule has 1 aliphatic rings. The Bertz CT molecular complexity index is 1250. The van der Waals surface area contributed by atoms with Crippen LogP contribution in [-0.4, -0.2) is 47.5 Å². The summed E-state index contributed by atoms with van der Waals surface area (Å²) in [6.07, 6.45) is 4.22. The minimum Gasteiger partial charge on any atom is -0.366 e. The molecule has 0 radical (unpaired) electrons. The Morgan fingerprint density at radius 3 is 2.35 bits per heavy atom. The average Bonchev–Trinajstić information content (AvgIpc) is 2.75. The Hall–Kier alpha value is -1.19. The molecule has 0 N–H and O–H groups in total. The van der Waals surface area contributed by atoms with Crippen LogP contribution in [0.2, 0.25) is 15.1 Å². The predicted molar refractivity (Wildman–Crippen MR) is 142 cm³/mol. The molecule has 2 aromatic rings. The maximum Gasteiger partial charge on any atom is 0.264 e. The monoisotopic (exact) mass is 566 g/mol. The van der Waals surface area contributed by atoms with E-state index in [1.807, 2.05) is 11.8 Å². The SMILES string of the molecule is CC[C@@H](C)N(c1cc(Cl)ccc1Cl)S(=O)(=O)c1ccc(Cl)c(N2CCCCC2CS(C)(=O)=O)c1. The van der Waals surface area contributed by atoms with Crippen molar-refractivity contribution in [3.63, 3.8) is 0 Å². The number of piperidine rings is 1. The third-order valence-electron chi connectivity index (χ3n) is 6.04. The van der Waals surface area contributed by atoms with E-state index in [0.29, 0.717) is 40.8 Å². The van der Waals surface area contributed by atoms with Gasteiger partial charge in [0.1, 0.15) is 9.84 Å². The second-order valence-electron chi connectivity index (χ2n) is 8.70. The van der Waals surface area contributed by atoms with Crippen LogP contribution < -0.4 is 9.21 Å². The van der Waals surface area contributed by atoms with E-state index in [4.69, 9.17) is 34.8 Å². The molecule has 0 aliphatic carbocycles. The zero-order chi connectivity index (χ0) is 25.3. The maximum absolute atomic E-state index is 13.9. The highest BCUT2D eigenvalue weighted by atomic mass is 35.5. The van der Waals surface area contributed by atoms with Crippen molar-refractivity contribution < 1.29 is 16.8 Å². The first-order chi connectivity index (χ1) is 15.8. The largest absolute Gasteiger partial charge is 0.366 e. The van der Waals surface area contributed by atoms with Crippen LogP contribution in [0.5, 0.6) is 0 Å². The third-order valence-corrected chi connectivity index (χ3v) is 9.83. The van der Waals surface area contributed by atoms with E-state index >= 15 is 0 Å². The van der Waals surface area contributed by atoms with Gasteiger partial charge in [0.15, 0.2) is 0 Å². The molecule has 1 saturated heterocycles. The van der Waals surface area contributed by atoms with Gasteiger partial charge in [-0.05, 0) is 69.0 Å². The number of sulfone groups is 1. The molecule has 1 heterocycles. The summed E-state index contributed by atoms with van der Waals surface area (Å²) in [6.45, 7) is 4.29. The molecular weight excluding hydrogens is 539 g/mol. The van der Waals surface area contributed by atoms with Gasteiger partial charge in [0.2, 0.25) is 0 Å². The minimum absolute atomic E-state index is 0.0164. The zero-order valence-corrected chi connectivity index (χ0v) is 23.2. The fourth-order valence-corrected chi connectivity index (χ4v) is 7.71. The standard InChI is InChI=1S/C23H29Cl3N2O4S2/c1-4-16(2)28(23-13-17(24)8-10-21(23)26)34(31,32)19-9-11-20(25)22(14-19)27-12-6-5-7-18(27)15-33(3,29)30/h8-11,13-14,16,18H,4-7,12,15H2,1-3H3/t16-,18?/m1/s1. The fraction of sp³-hybridized carbons (Fsp3) is 0.478. The number of hydrogen-bond acceptors (Lipinski definition) is 5. The van der Waals surface area contributed by atoms with Crippen molar-refractivity contribution in [3.05, 3.63) is 51.5 Å². The van der Waals surface area contributed by atoms with Crippen molar-refractivity contribution in [3.8, 4) is 0 Å². The van der Waals surface area contributed by atoms with E-state index in [0.717, 1.165) is 12.8 Å². The first kappa shape index (κ1) is 27.4. The third kappa shape index (κ3) is 6.13. The molecule has 0 aromatic heterocycles. The molecule has 11 heteroatoms. The van der Waals surface area contributed by atoms with E-state index in [1.165, 1.54) is 28.8 Å². The minimum atomic E-state index is -4.05. The van der Waals surface area contributed by atoms with Crippen LogP contribution >= 0.6 is 34.8 Å². The van der Waals surface area contributed by atoms with Gasteiger partial charge in [-0.3, -0.25) is 4.31 Å². The highest BCUT2D eigenvalue weighted by Gasteiger charge is 2.33. The lowest BCUT2D eigenvalue weighted by Crippen LogP contribution is -2.44. The lowest BCUT2D eigenvalue weighted by atomic mass is 10.0. The second-order valence-corrected chi connectivity index (χ2v) is 14.0. The molecule has 3 rings (SSSR count). The van der Waals surface area contributed by atoms with Gasteiger partial charge in [-0.2, -0.15) is 0 Å². The summed E-state index contributed by atoms with van der Waals surface area (Å²) >= 11 is 19.1. The summed E-state index contributed by atoms with van der Waals surface area (Å²) in [7, 11) is -7.28. The highest BCUT2D eigenvalue weighted by molar-refractivity contribution is 7.93. The van der Waals surface area contributed by atoms with Crippen molar-refractivity contribution in [1.82, 2.24) is 0 Å². The van der Waals surface area contributed by atoms with E-state index in [9.17, 15) is 16.8 Å². The average molecular weight is 568 g/mol.